The number of benzene rings is 1. The van der Waals surface area contributed by atoms with Gasteiger partial charge in [0.25, 0.3) is 7.52 Å². The maximum absolute atomic E-state index is 12.1. The lowest BCUT2D eigenvalue weighted by molar-refractivity contribution is -0.140. The zero-order valence-corrected chi connectivity index (χ0v) is 11.8. The number of carbonyl (C=O) groups is 2. The van der Waals surface area contributed by atoms with Gasteiger partial charge in [-0.25, -0.2) is 5.09 Å². The second kappa shape index (κ2) is 7.33. The molecule has 0 aliphatic rings. The fourth-order valence-corrected chi connectivity index (χ4v) is 3.04. The van der Waals surface area contributed by atoms with Crippen LogP contribution < -0.4 is 5.09 Å². The van der Waals surface area contributed by atoms with E-state index < -0.39 is 37.8 Å². The van der Waals surface area contributed by atoms with Crippen molar-refractivity contribution in [3.8, 4) is 0 Å². The molecule has 5 N–H and O–H groups in total. The highest BCUT2D eigenvalue weighted by Gasteiger charge is 2.35. The molecule has 3 atom stereocenters. The van der Waals surface area contributed by atoms with Crippen LogP contribution >= 0.6 is 7.52 Å². The Labute approximate surface area is 120 Å². The van der Waals surface area contributed by atoms with E-state index in [0.29, 0.717) is 0 Å². The van der Waals surface area contributed by atoms with E-state index in [1.165, 1.54) is 12.1 Å². The average Bonchev–Trinajstić information content (AvgIpc) is 2.43. The van der Waals surface area contributed by atoms with Gasteiger partial charge in [0, 0.05) is 6.42 Å². The molecule has 1 aromatic carbocycles. The third-order valence-electron chi connectivity index (χ3n) is 2.72. The minimum absolute atomic E-state index is 0.151. The van der Waals surface area contributed by atoms with Crippen molar-refractivity contribution in [3.63, 3.8) is 0 Å². The van der Waals surface area contributed by atoms with Gasteiger partial charge in [0.2, 0.25) is 0 Å². The lowest BCUT2D eigenvalue weighted by Crippen LogP contribution is -2.36. The summed E-state index contributed by atoms with van der Waals surface area (Å²) in [6.07, 6.45) is -0.859. The second-order valence-corrected chi connectivity index (χ2v) is 6.35. The van der Waals surface area contributed by atoms with E-state index >= 15 is 0 Å². The van der Waals surface area contributed by atoms with Crippen LogP contribution in [-0.4, -0.2) is 38.2 Å². The zero-order chi connectivity index (χ0) is 16.0. The lowest BCUT2D eigenvalue weighted by atomic mass is 10.2. The number of rotatable bonds is 8. The predicted molar refractivity (Wildman–Crippen MR) is 72.7 cm³/mol. The summed E-state index contributed by atoms with van der Waals surface area (Å²) in [5.74, 6) is -4.49. The first-order valence-electron chi connectivity index (χ1n) is 6.02. The van der Waals surface area contributed by atoms with Gasteiger partial charge in [-0.3, -0.25) is 14.2 Å². The van der Waals surface area contributed by atoms with Gasteiger partial charge in [-0.2, -0.15) is 0 Å². The lowest BCUT2D eigenvalue weighted by Gasteiger charge is -2.23. The van der Waals surface area contributed by atoms with Crippen molar-refractivity contribution in [3.05, 3.63) is 35.9 Å². The third kappa shape index (κ3) is 5.28. The maximum Gasteiger partial charge on any atom is 0.321 e. The quantitative estimate of drug-likeness (QED) is 0.442. The van der Waals surface area contributed by atoms with Gasteiger partial charge in [-0.15, -0.1) is 0 Å². The summed E-state index contributed by atoms with van der Waals surface area (Å²) in [6.45, 7) is 0. The molecule has 3 unspecified atom stereocenters. The van der Waals surface area contributed by atoms with Crippen molar-refractivity contribution < 1.29 is 34.4 Å². The molecule has 0 aromatic heterocycles. The highest BCUT2D eigenvalue weighted by Crippen LogP contribution is 2.50. The number of hydrogen-bond donors (Lipinski definition) is 5. The number of aliphatic hydroxyl groups is 1. The minimum atomic E-state index is -4.44. The molecule has 9 heteroatoms. The van der Waals surface area contributed by atoms with Crippen LogP contribution in [0.15, 0.2) is 30.3 Å². The molecule has 0 saturated heterocycles. The van der Waals surface area contributed by atoms with E-state index in [0.717, 1.165) is 0 Å². The van der Waals surface area contributed by atoms with Crippen molar-refractivity contribution >= 4 is 19.5 Å². The second-order valence-electron chi connectivity index (χ2n) is 4.36. The van der Waals surface area contributed by atoms with Crippen molar-refractivity contribution in [2.45, 2.75) is 24.7 Å². The van der Waals surface area contributed by atoms with Crippen LogP contribution in [0.5, 0.6) is 0 Å². The summed E-state index contributed by atoms with van der Waals surface area (Å²) in [7, 11) is -4.44. The summed E-state index contributed by atoms with van der Waals surface area (Å²) in [4.78, 5) is 31.2. The first-order valence-corrected chi connectivity index (χ1v) is 7.75. The monoisotopic (exact) mass is 317 g/mol. The van der Waals surface area contributed by atoms with Gasteiger partial charge in [0.15, 0.2) is 5.85 Å². The fraction of sp³-hybridized carbons (Fsp3) is 0.333. The van der Waals surface area contributed by atoms with Gasteiger partial charge < -0.3 is 20.2 Å². The van der Waals surface area contributed by atoms with Gasteiger partial charge in [0.1, 0.15) is 6.04 Å². The third-order valence-corrected chi connectivity index (χ3v) is 4.36. The van der Waals surface area contributed by atoms with Crippen molar-refractivity contribution in [2.24, 2.45) is 0 Å². The first kappa shape index (κ1) is 17.3. The first-order chi connectivity index (χ1) is 9.74. The van der Waals surface area contributed by atoms with E-state index in [1.807, 2.05) is 5.09 Å². The number of hydrogen-bond acceptors (Lipinski definition) is 4. The van der Waals surface area contributed by atoms with Crippen LogP contribution in [0.4, 0.5) is 0 Å². The summed E-state index contributed by atoms with van der Waals surface area (Å²) in [5.41, 5.74) is 0.151. The molecule has 0 radical (unpaired) electrons. The summed E-state index contributed by atoms with van der Waals surface area (Å²) >= 11 is 0. The van der Waals surface area contributed by atoms with Crippen molar-refractivity contribution in [1.29, 1.82) is 0 Å². The molecule has 0 aliphatic heterocycles. The highest BCUT2D eigenvalue weighted by molar-refractivity contribution is 7.56. The highest BCUT2D eigenvalue weighted by atomic mass is 31.2. The van der Waals surface area contributed by atoms with E-state index in [-0.39, 0.29) is 12.0 Å². The van der Waals surface area contributed by atoms with E-state index in [2.05, 4.69) is 0 Å². The molecule has 116 valence electrons. The molecule has 0 saturated carbocycles. The SMILES string of the molecule is O=C(O)CCC(NP(=O)(O)C(O)c1ccccc1)C(=O)O. The van der Waals surface area contributed by atoms with Crippen LogP contribution in [-0.2, 0) is 14.2 Å². The number of carboxylic acid groups (broad SMARTS) is 2. The molecular formula is C12H16NO7P. The standard InChI is InChI=1S/C12H16NO7P/c14-10(15)7-6-9(11(16)17)13-21(19,20)12(18)8-4-2-1-3-5-8/h1-5,9,12,18H,6-7H2,(H,14,15)(H,16,17)(H2,13,19,20). The molecule has 0 spiro atoms. The summed E-state index contributed by atoms with van der Waals surface area (Å²) < 4.78 is 12.1. The van der Waals surface area contributed by atoms with Crippen LogP contribution in [0.1, 0.15) is 24.3 Å². The predicted octanol–water partition coefficient (Wildman–Crippen LogP) is 0.770. The number of carboxylic acids is 2. The fourth-order valence-electron chi connectivity index (χ4n) is 1.63. The van der Waals surface area contributed by atoms with E-state index in [4.69, 9.17) is 10.2 Å². The van der Waals surface area contributed by atoms with Gasteiger partial charge in [0.05, 0.1) is 0 Å². The summed E-state index contributed by atoms with van der Waals surface area (Å²) in [6, 6.07) is 6.05. The number of aliphatic carboxylic acids is 2. The van der Waals surface area contributed by atoms with Gasteiger partial charge >= 0.3 is 11.9 Å². The Balaban J connectivity index is 2.83. The number of nitrogens with one attached hydrogen (secondary N) is 1. The molecule has 21 heavy (non-hydrogen) atoms. The largest absolute Gasteiger partial charge is 0.481 e. The smallest absolute Gasteiger partial charge is 0.321 e. The topological polar surface area (TPSA) is 144 Å². The Hall–Kier alpha value is -1.73. The minimum Gasteiger partial charge on any atom is -0.481 e. The molecule has 0 aliphatic carbocycles. The molecule has 8 nitrogen and oxygen atoms in total. The molecule has 0 fully saturated rings. The van der Waals surface area contributed by atoms with Crippen molar-refractivity contribution in [2.75, 3.05) is 0 Å². The Morgan fingerprint density at radius 1 is 1.19 bits per heavy atom. The Kier molecular flexibility index (Phi) is 6.04. The van der Waals surface area contributed by atoms with Crippen LogP contribution in [0, 0.1) is 0 Å². The molecule has 1 aromatic rings. The maximum atomic E-state index is 12.1. The van der Waals surface area contributed by atoms with Crippen LogP contribution in [0.3, 0.4) is 0 Å². The normalized spacial score (nSPS) is 16.7. The van der Waals surface area contributed by atoms with Gasteiger partial charge in [-0.1, -0.05) is 30.3 Å². The Morgan fingerprint density at radius 3 is 2.24 bits per heavy atom. The average molecular weight is 317 g/mol. The Bertz CT molecular complexity index is 548. The van der Waals surface area contributed by atoms with Crippen LogP contribution in [0.25, 0.3) is 0 Å². The Morgan fingerprint density at radius 2 is 1.76 bits per heavy atom. The van der Waals surface area contributed by atoms with Gasteiger partial charge in [-0.05, 0) is 12.0 Å². The van der Waals surface area contributed by atoms with E-state index in [9.17, 15) is 24.2 Å². The molecule has 0 bridgehead atoms. The van der Waals surface area contributed by atoms with E-state index in [1.54, 1.807) is 18.2 Å². The number of aliphatic hydroxyl groups excluding tert-OH is 1. The molecule has 0 heterocycles. The zero-order valence-electron chi connectivity index (χ0n) is 10.9. The van der Waals surface area contributed by atoms with Crippen molar-refractivity contribution in [1.82, 2.24) is 5.09 Å². The molecule has 1 rings (SSSR count). The van der Waals surface area contributed by atoms with Crippen LogP contribution in [0.2, 0.25) is 0 Å². The molecular weight excluding hydrogens is 301 g/mol. The summed E-state index contributed by atoms with van der Waals surface area (Å²) in [5, 5.41) is 29.3. The molecule has 0 amide bonds.